The van der Waals surface area contributed by atoms with Crippen molar-refractivity contribution in [3.63, 3.8) is 0 Å². The number of hydrogen-bond acceptors (Lipinski definition) is 4. The number of carboxylic acids is 1. The molecule has 2 fully saturated rings. The number of aliphatic hydroxyl groups excluding tert-OH is 1. The summed E-state index contributed by atoms with van der Waals surface area (Å²) in [5.74, 6) is -0.777. The van der Waals surface area contributed by atoms with Gasteiger partial charge in [-0.3, -0.25) is 13.2 Å². The third-order valence-electron chi connectivity index (χ3n) is 7.06. The molecule has 2 aliphatic heterocycles. The van der Waals surface area contributed by atoms with Crippen LogP contribution in [0.1, 0.15) is 91.9 Å². The van der Waals surface area contributed by atoms with Gasteiger partial charge in [-0.05, 0) is 70.6 Å². The van der Waals surface area contributed by atoms with Crippen molar-refractivity contribution in [3.8, 4) is 0 Å². The first kappa shape index (κ1) is 26.7. The van der Waals surface area contributed by atoms with Crippen LogP contribution < -0.4 is 0 Å². The quantitative estimate of drug-likeness (QED) is 0.404. The summed E-state index contributed by atoms with van der Waals surface area (Å²) < 4.78 is 25.7. The number of aliphatic carboxylic acids is 1. The third-order valence-corrected chi connectivity index (χ3v) is 11.3. The van der Waals surface area contributed by atoms with E-state index in [2.05, 4.69) is 26.0 Å². The maximum Gasteiger partial charge on any atom is 0.309 e. The second kappa shape index (κ2) is 11.6. The molecule has 0 saturated carbocycles. The van der Waals surface area contributed by atoms with Gasteiger partial charge in [0.1, 0.15) is 0 Å². The van der Waals surface area contributed by atoms with E-state index in [0.29, 0.717) is 6.42 Å². The molecular weight excluding hydrogens is 432 g/mol. The highest BCUT2D eigenvalue weighted by molar-refractivity contribution is 7.87. The highest BCUT2D eigenvalue weighted by atomic mass is 32.2. The Bertz CT molecular complexity index is 685. The molecule has 5 nitrogen and oxygen atoms in total. The largest absolute Gasteiger partial charge is 0.481 e. The molecular formula is C24H42O5S2. The molecule has 2 heterocycles. The van der Waals surface area contributed by atoms with E-state index in [1.165, 1.54) is 0 Å². The first-order chi connectivity index (χ1) is 14.5. The first-order valence-electron chi connectivity index (χ1n) is 11.8. The number of carboxylic acid groups (broad SMARTS) is 1. The van der Waals surface area contributed by atoms with Crippen LogP contribution >= 0.6 is 0 Å². The number of rotatable bonds is 12. The van der Waals surface area contributed by atoms with Crippen LogP contribution in [0.2, 0.25) is 0 Å². The Morgan fingerprint density at radius 2 is 1.32 bits per heavy atom. The molecule has 2 saturated heterocycles. The molecule has 0 radical (unpaired) electrons. The van der Waals surface area contributed by atoms with Crippen LogP contribution in [0, 0.1) is 10.8 Å². The molecule has 0 aromatic heterocycles. The zero-order valence-electron chi connectivity index (χ0n) is 19.7. The fourth-order valence-electron chi connectivity index (χ4n) is 4.54. The molecule has 180 valence electrons. The molecule has 0 amide bonds. The lowest BCUT2D eigenvalue weighted by atomic mass is 9.87. The minimum atomic E-state index is -0.930. The van der Waals surface area contributed by atoms with Crippen LogP contribution in [0.15, 0.2) is 12.2 Å². The van der Waals surface area contributed by atoms with Crippen molar-refractivity contribution in [2.75, 3.05) is 6.61 Å². The van der Waals surface area contributed by atoms with Gasteiger partial charge in [0.2, 0.25) is 0 Å². The highest BCUT2D eigenvalue weighted by Gasteiger charge is 2.34. The van der Waals surface area contributed by atoms with Crippen molar-refractivity contribution in [1.29, 1.82) is 0 Å². The average molecular weight is 475 g/mol. The lowest BCUT2D eigenvalue weighted by Crippen LogP contribution is -2.24. The number of aliphatic hydroxyl groups is 1. The van der Waals surface area contributed by atoms with Crippen molar-refractivity contribution < 1.29 is 23.4 Å². The molecule has 0 spiro atoms. The van der Waals surface area contributed by atoms with E-state index in [1.807, 2.05) is 0 Å². The van der Waals surface area contributed by atoms with Gasteiger partial charge in [0.15, 0.2) is 0 Å². The van der Waals surface area contributed by atoms with Gasteiger partial charge in [0, 0.05) is 38.7 Å². The average Bonchev–Trinajstić information content (AvgIpc) is 3.23. The fraction of sp³-hybridized carbons (Fsp3) is 0.875. The molecule has 0 aromatic carbocycles. The van der Waals surface area contributed by atoms with E-state index < -0.39 is 33.0 Å². The Labute approximate surface area is 193 Å². The van der Waals surface area contributed by atoms with E-state index >= 15 is 0 Å². The fourth-order valence-corrected chi connectivity index (χ4v) is 8.29. The Morgan fingerprint density at radius 3 is 1.74 bits per heavy atom. The van der Waals surface area contributed by atoms with Crippen LogP contribution in [0.25, 0.3) is 0 Å². The maximum atomic E-state index is 12.9. The van der Waals surface area contributed by atoms with Gasteiger partial charge in [0.05, 0.1) is 15.9 Å². The topological polar surface area (TPSA) is 91.7 Å². The Kier molecular flexibility index (Phi) is 9.96. The van der Waals surface area contributed by atoms with Gasteiger partial charge < -0.3 is 10.2 Å². The summed E-state index contributed by atoms with van der Waals surface area (Å²) in [6.45, 7) is 7.80. The molecule has 6 atom stereocenters. The molecule has 7 heteroatoms. The standard InChI is InChI=1S/C24H42O5S2/c1-23(2,17-25)15-5-7-18-9-11-20(30(18)28)13-14-21-12-10-19(31(21)29)8-6-16-24(3,4)22(26)27/h13-14,18-21,25H,5-12,15-17H2,1-4H3,(H,26,27)/b14-13+. The van der Waals surface area contributed by atoms with Gasteiger partial charge in [-0.15, -0.1) is 0 Å². The summed E-state index contributed by atoms with van der Waals surface area (Å²) in [6, 6.07) is 0. The summed E-state index contributed by atoms with van der Waals surface area (Å²) in [6.07, 6.45) is 12.9. The first-order valence-corrected chi connectivity index (χ1v) is 14.3. The zero-order chi connectivity index (χ0) is 23.2. The predicted molar refractivity (Wildman–Crippen MR) is 129 cm³/mol. The maximum absolute atomic E-state index is 12.9. The Hall–Kier alpha value is -0.530. The van der Waals surface area contributed by atoms with Crippen LogP contribution in [-0.2, 0) is 26.4 Å². The smallest absolute Gasteiger partial charge is 0.309 e. The molecule has 2 N–H and O–H groups in total. The van der Waals surface area contributed by atoms with Crippen LogP contribution in [0.3, 0.4) is 0 Å². The molecule has 6 unspecified atom stereocenters. The van der Waals surface area contributed by atoms with Crippen LogP contribution in [0.4, 0.5) is 0 Å². The minimum absolute atomic E-state index is 0.0406. The van der Waals surface area contributed by atoms with Crippen molar-refractivity contribution in [1.82, 2.24) is 0 Å². The summed E-state index contributed by atoms with van der Waals surface area (Å²) in [4.78, 5) is 11.2. The monoisotopic (exact) mass is 474 g/mol. The van der Waals surface area contributed by atoms with Gasteiger partial charge >= 0.3 is 5.97 Å². The summed E-state index contributed by atoms with van der Waals surface area (Å²) in [7, 11) is -1.80. The van der Waals surface area contributed by atoms with Crippen molar-refractivity contribution in [3.05, 3.63) is 12.2 Å². The van der Waals surface area contributed by atoms with Crippen LogP contribution in [0.5, 0.6) is 0 Å². The van der Waals surface area contributed by atoms with Gasteiger partial charge in [-0.2, -0.15) is 0 Å². The van der Waals surface area contributed by atoms with E-state index in [1.54, 1.807) is 13.8 Å². The minimum Gasteiger partial charge on any atom is -0.481 e. The van der Waals surface area contributed by atoms with E-state index in [-0.39, 0.29) is 33.0 Å². The van der Waals surface area contributed by atoms with Crippen molar-refractivity contribution in [2.24, 2.45) is 10.8 Å². The second-order valence-corrected chi connectivity index (χ2v) is 14.7. The third kappa shape index (κ3) is 7.78. The molecule has 2 aliphatic rings. The second-order valence-electron chi connectivity index (χ2n) is 10.8. The van der Waals surface area contributed by atoms with E-state index in [0.717, 1.165) is 57.8 Å². The Morgan fingerprint density at radius 1 is 0.871 bits per heavy atom. The van der Waals surface area contributed by atoms with E-state index in [9.17, 15) is 23.4 Å². The zero-order valence-corrected chi connectivity index (χ0v) is 21.3. The van der Waals surface area contributed by atoms with E-state index in [4.69, 9.17) is 0 Å². The van der Waals surface area contributed by atoms with Gasteiger partial charge in [-0.25, -0.2) is 0 Å². The lowest BCUT2D eigenvalue weighted by molar-refractivity contribution is -0.147. The van der Waals surface area contributed by atoms with Gasteiger partial charge in [-0.1, -0.05) is 38.8 Å². The molecule has 0 aliphatic carbocycles. The summed E-state index contributed by atoms with van der Waals surface area (Å²) >= 11 is 0. The van der Waals surface area contributed by atoms with Gasteiger partial charge in [0.25, 0.3) is 0 Å². The number of carbonyl (C=O) groups is 1. The molecule has 0 bridgehead atoms. The van der Waals surface area contributed by atoms with Crippen LogP contribution in [-0.4, -0.2) is 52.2 Å². The SMILES string of the molecule is CC(C)(CO)CCCC1CCC(/C=C/C2CCC(CCCC(C)(C)C(=O)O)S2=O)S1=O. The Balaban J connectivity index is 1.76. The van der Waals surface area contributed by atoms with Crippen molar-refractivity contribution >= 4 is 27.6 Å². The molecule has 2 rings (SSSR count). The lowest BCUT2D eigenvalue weighted by Gasteiger charge is -2.22. The van der Waals surface area contributed by atoms with Crippen molar-refractivity contribution in [2.45, 2.75) is 113 Å². The normalized spacial score (nSPS) is 32.2. The number of hydrogen-bond donors (Lipinski definition) is 2. The summed E-state index contributed by atoms with van der Waals surface area (Å²) in [5, 5.41) is 19.1. The predicted octanol–water partition coefficient (Wildman–Crippen LogP) is 4.57. The highest BCUT2D eigenvalue weighted by Crippen LogP contribution is 2.33. The molecule has 31 heavy (non-hydrogen) atoms. The molecule has 0 aromatic rings. The summed E-state index contributed by atoms with van der Waals surface area (Å²) in [5.41, 5.74) is -0.790.